The Balaban J connectivity index is 0. The molecule has 0 bridgehead atoms. The number of aliphatic hydroxyl groups excluding tert-OH is 1. The third-order valence-electron chi connectivity index (χ3n) is 1.19. The molecule has 0 saturated heterocycles. The molecule has 0 aromatic heterocycles. The van der Waals surface area contributed by atoms with Crippen molar-refractivity contribution in [2.24, 2.45) is 0 Å². The van der Waals surface area contributed by atoms with Crippen LogP contribution >= 0.6 is 0 Å². The molecule has 0 aliphatic carbocycles. The molecule has 11 heavy (non-hydrogen) atoms. The van der Waals surface area contributed by atoms with Crippen LogP contribution in [0.1, 0.15) is 20.8 Å². The third kappa shape index (κ3) is 12.6. The summed E-state index contributed by atoms with van der Waals surface area (Å²) in [6.45, 7) is 7.95. The Labute approximate surface area is 68.3 Å². The SMILES string of the molecule is C=COC.CC(O)C(C)(C)O. The summed E-state index contributed by atoms with van der Waals surface area (Å²) in [6, 6.07) is 0. The zero-order valence-electron chi connectivity index (χ0n) is 7.66. The molecule has 0 radical (unpaired) electrons. The first-order valence-corrected chi connectivity index (χ1v) is 3.40. The Morgan fingerprint density at radius 3 is 1.73 bits per heavy atom. The van der Waals surface area contributed by atoms with Crippen LogP contribution < -0.4 is 0 Å². The largest absolute Gasteiger partial charge is 0.505 e. The number of hydrogen-bond acceptors (Lipinski definition) is 3. The molecule has 0 saturated carbocycles. The molecular weight excluding hydrogens is 144 g/mol. The van der Waals surface area contributed by atoms with Gasteiger partial charge in [0.2, 0.25) is 0 Å². The first-order chi connectivity index (χ1) is 4.86. The second-order valence-corrected chi connectivity index (χ2v) is 2.73. The summed E-state index contributed by atoms with van der Waals surface area (Å²) in [7, 11) is 1.56. The smallest absolute Gasteiger partial charge is 0.0846 e. The topological polar surface area (TPSA) is 49.7 Å². The lowest BCUT2D eigenvalue weighted by Crippen LogP contribution is -2.32. The molecule has 0 aromatic carbocycles. The van der Waals surface area contributed by atoms with E-state index in [0.717, 1.165) is 0 Å². The van der Waals surface area contributed by atoms with Gasteiger partial charge in [-0.3, -0.25) is 0 Å². The van der Waals surface area contributed by atoms with Crippen molar-refractivity contribution in [1.82, 2.24) is 0 Å². The van der Waals surface area contributed by atoms with Crippen LogP contribution in [0.4, 0.5) is 0 Å². The van der Waals surface area contributed by atoms with Crippen LogP contribution in [-0.2, 0) is 4.74 Å². The Kier molecular flexibility index (Phi) is 7.36. The van der Waals surface area contributed by atoms with Gasteiger partial charge < -0.3 is 14.9 Å². The lowest BCUT2D eigenvalue weighted by Gasteiger charge is -2.19. The monoisotopic (exact) mass is 162 g/mol. The summed E-state index contributed by atoms with van der Waals surface area (Å²) < 4.78 is 4.31. The summed E-state index contributed by atoms with van der Waals surface area (Å²) in [4.78, 5) is 0. The van der Waals surface area contributed by atoms with Gasteiger partial charge in [0.25, 0.3) is 0 Å². The van der Waals surface area contributed by atoms with Crippen LogP contribution in [0, 0.1) is 0 Å². The predicted molar refractivity (Wildman–Crippen MR) is 45.2 cm³/mol. The Morgan fingerprint density at radius 1 is 1.55 bits per heavy atom. The van der Waals surface area contributed by atoms with Gasteiger partial charge in [0.1, 0.15) is 0 Å². The fraction of sp³-hybridized carbons (Fsp3) is 0.750. The Hall–Kier alpha value is -0.540. The average molecular weight is 162 g/mol. The summed E-state index contributed by atoms with van der Waals surface area (Å²) >= 11 is 0. The van der Waals surface area contributed by atoms with Gasteiger partial charge in [-0.2, -0.15) is 0 Å². The predicted octanol–water partition coefficient (Wildman–Crippen LogP) is 0.914. The van der Waals surface area contributed by atoms with Crippen molar-refractivity contribution in [3.63, 3.8) is 0 Å². The van der Waals surface area contributed by atoms with Gasteiger partial charge in [0.05, 0.1) is 25.1 Å². The number of methoxy groups -OCH3 is 1. The van der Waals surface area contributed by atoms with Crippen molar-refractivity contribution >= 4 is 0 Å². The molecule has 2 N–H and O–H groups in total. The van der Waals surface area contributed by atoms with E-state index in [4.69, 9.17) is 10.2 Å². The quantitative estimate of drug-likeness (QED) is 0.593. The van der Waals surface area contributed by atoms with E-state index in [1.165, 1.54) is 6.26 Å². The number of rotatable bonds is 2. The van der Waals surface area contributed by atoms with Gasteiger partial charge in [-0.25, -0.2) is 0 Å². The maximum absolute atomic E-state index is 8.84. The first-order valence-electron chi connectivity index (χ1n) is 3.40. The molecule has 0 fully saturated rings. The summed E-state index contributed by atoms with van der Waals surface area (Å²) in [6.07, 6.45) is 0.729. The van der Waals surface area contributed by atoms with Crippen molar-refractivity contribution in [3.8, 4) is 0 Å². The fourth-order valence-corrected chi connectivity index (χ4v) is 0. The standard InChI is InChI=1S/C5H12O2.C3H6O/c1-4(6)5(2,3)7;1-3-4-2/h4,6-7H,1-3H3;3H,1H2,2H3. The van der Waals surface area contributed by atoms with Crippen molar-refractivity contribution in [2.75, 3.05) is 7.11 Å². The highest BCUT2D eigenvalue weighted by molar-refractivity contribution is 4.70. The zero-order chi connectivity index (χ0) is 9.49. The second-order valence-electron chi connectivity index (χ2n) is 2.73. The van der Waals surface area contributed by atoms with E-state index in [1.54, 1.807) is 27.9 Å². The van der Waals surface area contributed by atoms with Crippen LogP contribution in [0.5, 0.6) is 0 Å². The van der Waals surface area contributed by atoms with Crippen LogP contribution in [0.2, 0.25) is 0 Å². The molecule has 0 aliphatic heterocycles. The maximum Gasteiger partial charge on any atom is 0.0846 e. The second kappa shape index (κ2) is 6.19. The van der Waals surface area contributed by atoms with E-state index in [1.807, 2.05) is 0 Å². The molecule has 68 valence electrons. The first kappa shape index (κ1) is 13.1. The molecule has 3 nitrogen and oxygen atoms in total. The van der Waals surface area contributed by atoms with Gasteiger partial charge >= 0.3 is 0 Å². The number of ether oxygens (including phenoxy) is 1. The van der Waals surface area contributed by atoms with Gasteiger partial charge in [-0.15, -0.1) is 0 Å². The molecule has 0 spiro atoms. The lowest BCUT2D eigenvalue weighted by molar-refractivity contribution is -0.0375. The van der Waals surface area contributed by atoms with E-state index in [9.17, 15) is 0 Å². The molecule has 0 rings (SSSR count). The van der Waals surface area contributed by atoms with Crippen molar-refractivity contribution in [3.05, 3.63) is 12.8 Å². The van der Waals surface area contributed by atoms with Crippen molar-refractivity contribution in [2.45, 2.75) is 32.5 Å². The summed E-state index contributed by atoms with van der Waals surface area (Å²) in [5.41, 5.74) is -0.944. The highest BCUT2D eigenvalue weighted by Gasteiger charge is 2.18. The van der Waals surface area contributed by atoms with E-state index < -0.39 is 11.7 Å². The molecule has 1 unspecified atom stereocenters. The van der Waals surface area contributed by atoms with Gasteiger partial charge in [0.15, 0.2) is 0 Å². The highest BCUT2D eigenvalue weighted by atomic mass is 16.5. The molecular formula is C8H18O3. The maximum atomic E-state index is 8.84. The number of aliphatic hydroxyl groups is 2. The van der Waals surface area contributed by atoms with Gasteiger partial charge in [0, 0.05) is 0 Å². The molecule has 0 aliphatic rings. The molecule has 0 aromatic rings. The number of hydrogen-bond donors (Lipinski definition) is 2. The molecule has 0 amide bonds. The molecule has 1 atom stereocenters. The van der Waals surface area contributed by atoms with Crippen LogP contribution in [0.3, 0.4) is 0 Å². The lowest BCUT2D eigenvalue weighted by atomic mass is 10.0. The van der Waals surface area contributed by atoms with Gasteiger partial charge in [-0.1, -0.05) is 6.58 Å². The Bertz CT molecular complexity index is 92.0. The van der Waals surface area contributed by atoms with Crippen LogP contribution in [-0.4, -0.2) is 29.0 Å². The third-order valence-corrected chi connectivity index (χ3v) is 1.19. The fourth-order valence-electron chi connectivity index (χ4n) is 0. The van der Waals surface area contributed by atoms with Crippen LogP contribution in [0.25, 0.3) is 0 Å². The van der Waals surface area contributed by atoms with Crippen molar-refractivity contribution in [1.29, 1.82) is 0 Å². The van der Waals surface area contributed by atoms with E-state index in [2.05, 4.69) is 11.3 Å². The minimum atomic E-state index is -0.944. The van der Waals surface area contributed by atoms with E-state index in [0.29, 0.717) is 0 Å². The highest BCUT2D eigenvalue weighted by Crippen LogP contribution is 2.05. The Morgan fingerprint density at radius 2 is 1.73 bits per heavy atom. The van der Waals surface area contributed by atoms with Crippen molar-refractivity contribution < 1.29 is 14.9 Å². The minimum Gasteiger partial charge on any atom is -0.505 e. The molecule has 0 heterocycles. The van der Waals surface area contributed by atoms with E-state index in [-0.39, 0.29) is 0 Å². The summed E-state index contributed by atoms with van der Waals surface area (Å²) in [5.74, 6) is 0. The minimum absolute atomic E-state index is 0.646. The normalized spacial score (nSPS) is 12.5. The summed E-state index contributed by atoms with van der Waals surface area (Å²) in [5, 5.41) is 17.5. The van der Waals surface area contributed by atoms with Crippen LogP contribution in [0.15, 0.2) is 12.8 Å². The zero-order valence-corrected chi connectivity index (χ0v) is 7.66. The molecule has 3 heteroatoms. The average Bonchev–Trinajstić information content (AvgIpc) is 1.87. The van der Waals surface area contributed by atoms with E-state index >= 15 is 0 Å². The van der Waals surface area contributed by atoms with Gasteiger partial charge in [-0.05, 0) is 20.8 Å².